The summed E-state index contributed by atoms with van der Waals surface area (Å²) in [6.45, 7) is 5.10. The van der Waals surface area contributed by atoms with Crippen LogP contribution < -0.4 is 0 Å². The number of amides is 1. The van der Waals surface area contributed by atoms with Gasteiger partial charge in [0, 0.05) is 37.3 Å². The number of hydrogen-bond donors (Lipinski definition) is 2. The molecule has 5 rings (SSSR count). The van der Waals surface area contributed by atoms with Crippen LogP contribution in [-0.4, -0.2) is 64.0 Å². The van der Waals surface area contributed by atoms with Gasteiger partial charge in [-0.15, -0.1) is 0 Å². The van der Waals surface area contributed by atoms with E-state index in [2.05, 4.69) is 58.3 Å². The van der Waals surface area contributed by atoms with Crippen LogP contribution in [0, 0.1) is 5.92 Å². The maximum absolute atomic E-state index is 12.6. The van der Waals surface area contributed by atoms with Crippen molar-refractivity contribution in [2.45, 2.75) is 25.8 Å². The lowest BCUT2D eigenvalue weighted by molar-refractivity contribution is -0.134. The van der Waals surface area contributed by atoms with E-state index in [0.717, 1.165) is 44.7 Å². The number of fused-ring (bicyclic) bond motifs is 2. The number of carboxylic acids is 2. The zero-order valence-electron chi connectivity index (χ0n) is 20.8. The van der Waals surface area contributed by atoms with E-state index in [4.69, 9.17) is 10.2 Å². The monoisotopic (exact) mass is 500 g/mol. The van der Waals surface area contributed by atoms with E-state index < -0.39 is 11.9 Å². The van der Waals surface area contributed by atoms with Crippen LogP contribution in [0.4, 0.5) is 0 Å². The number of carboxylic acid groups (broad SMARTS) is 2. The molecule has 0 saturated carbocycles. The molecular weight excluding hydrogens is 468 g/mol. The molecule has 2 aliphatic rings. The Morgan fingerprint density at radius 1 is 0.865 bits per heavy atom. The summed E-state index contributed by atoms with van der Waals surface area (Å²) in [4.78, 5) is 36.4. The quantitative estimate of drug-likeness (QED) is 0.465. The van der Waals surface area contributed by atoms with Crippen molar-refractivity contribution >= 4 is 28.6 Å². The highest BCUT2D eigenvalue weighted by Crippen LogP contribution is 2.26. The fraction of sp³-hybridized carbons (Fsp3) is 0.300. The van der Waals surface area contributed by atoms with Gasteiger partial charge in [-0.25, -0.2) is 9.59 Å². The Labute approximate surface area is 216 Å². The van der Waals surface area contributed by atoms with Gasteiger partial charge in [-0.2, -0.15) is 0 Å². The molecular formula is C30H32N2O5. The van der Waals surface area contributed by atoms with Gasteiger partial charge in [0.15, 0.2) is 0 Å². The predicted octanol–water partition coefficient (Wildman–Crippen LogP) is 4.46. The molecule has 0 radical (unpaired) electrons. The Morgan fingerprint density at radius 3 is 2.22 bits per heavy atom. The normalized spacial score (nSPS) is 16.0. The molecule has 0 unspecified atom stereocenters. The second kappa shape index (κ2) is 12.3. The molecule has 1 fully saturated rings. The Balaban J connectivity index is 0.000000349. The summed E-state index contributed by atoms with van der Waals surface area (Å²) in [5.41, 5.74) is 3.54. The van der Waals surface area contributed by atoms with Crippen molar-refractivity contribution in [1.29, 1.82) is 0 Å². The van der Waals surface area contributed by atoms with E-state index in [1.807, 2.05) is 18.2 Å². The molecule has 0 aliphatic carbocycles. The fourth-order valence-corrected chi connectivity index (χ4v) is 5.10. The second-order valence-electron chi connectivity index (χ2n) is 9.53. The Hall–Kier alpha value is -3.97. The van der Waals surface area contributed by atoms with Crippen LogP contribution in [0.2, 0.25) is 0 Å². The number of carbonyl (C=O) groups excluding carboxylic acids is 1. The average molecular weight is 501 g/mol. The molecule has 3 aromatic rings. The van der Waals surface area contributed by atoms with Crippen LogP contribution in [-0.2, 0) is 22.6 Å². The summed E-state index contributed by atoms with van der Waals surface area (Å²) >= 11 is 0. The Bertz CT molecular complexity index is 1270. The topological polar surface area (TPSA) is 98.1 Å². The highest BCUT2D eigenvalue weighted by Gasteiger charge is 2.30. The summed E-state index contributed by atoms with van der Waals surface area (Å²) in [7, 11) is 0. The molecule has 0 spiro atoms. The number of rotatable bonds is 7. The largest absolute Gasteiger partial charge is 0.478 e. The zero-order valence-corrected chi connectivity index (χ0v) is 20.8. The molecule has 3 aromatic carbocycles. The minimum atomic E-state index is -1.26. The van der Waals surface area contributed by atoms with Crippen molar-refractivity contribution in [3.63, 3.8) is 0 Å². The number of carbonyl (C=O) groups is 3. The maximum Gasteiger partial charge on any atom is 0.328 e. The van der Waals surface area contributed by atoms with Gasteiger partial charge in [0.25, 0.3) is 5.91 Å². The third-order valence-electron chi connectivity index (χ3n) is 7.03. The summed E-state index contributed by atoms with van der Waals surface area (Å²) in [5.74, 6) is -1.67. The molecule has 2 N–H and O–H groups in total. The zero-order chi connectivity index (χ0) is 26.2. The minimum absolute atomic E-state index is 0.221. The molecule has 7 heteroatoms. The van der Waals surface area contributed by atoms with Crippen LogP contribution in [0.25, 0.3) is 10.8 Å². The van der Waals surface area contributed by atoms with E-state index in [9.17, 15) is 14.4 Å². The van der Waals surface area contributed by atoms with Crippen LogP contribution >= 0.6 is 0 Å². The van der Waals surface area contributed by atoms with Gasteiger partial charge in [-0.05, 0) is 66.2 Å². The maximum atomic E-state index is 12.6. The number of nitrogens with zero attached hydrogens (tertiary/aromatic N) is 2. The third-order valence-corrected chi connectivity index (χ3v) is 7.03. The van der Waals surface area contributed by atoms with Crippen LogP contribution in [0.3, 0.4) is 0 Å². The molecule has 1 amide bonds. The highest BCUT2D eigenvalue weighted by molar-refractivity contribution is 5.98. The number of aliphatic carboxylic acids is 2. The average Bonchev–Trinajstić information content (AvgIpc) is 3.22. The molecule has 0 aromatic heterocycles. The minimum Gasteiger partial charge on any atom is -0.478 e. The van der Waals surface area contributed by atoms with E-state index in [0.29, 0.717) is 18.1 Å². The van der Waals surface area contributed by atoms with Gasteiger partial charge in [0.2, 0.25) is 0 Å². The van der Waals surface area contributed by atoms with Crippen molar-refractivity contribution in [2.24, 2.45) is 5.92 Å². The molecule has 1 saturated heterocycles. The lowest BCUT2D eigenvalue weighted by Crippen LogP contribution is -2.39. The molecule has 0 bridgehead atoms. The van der Waals surface area contributed by atoms with E-state index >= 15 is 0 Å². The molecule has 192 valence electrons. The first kappa shape index (κ1) is 26.1. The standard InChI is InChI=1S/C26H28N2O.C4H4O4/c29-26-25-11-4-2-7-23(25)19-28(26)18-20-12-15-27(16-13-20)17-14-22-9-5-8-21-6-1-3-10-24(21)22;5-3(6)1-2-4(7)8/h1-11,20H,12-19H2;1-2H,(H,5,6)(H,7,8). The lowest BCUT2D eigenvalue weighted by atomic mass is 9.95. The smallest absolute Gasteiger partial charge is 0.328 e. The lowest BCUT2D eigenvalue weighted by Gasteiger charge is -2.34. The van der Waals surface area contributed by atoms with Gasteiger partial charge in [0.05, 0.1) is 0 Å². The Kier molecular flexibility index (Phi) is 8.69. The van der Waals surface area contributed by atoms with Crippen molar-refractivity contribution in [2.75, 3.05) is 26.2 Å². The first-order valence-electron chi connectivity index (χ1n) is 12.6. The van der Waals surface area contributed by atoms with E-state index in [1.165, 1.54) is 34.7 Å². The van der Waals surface area contributed by atoms with Crippen molar-refractivity contribution in [1.82, 2.24) is 9.80 Å². The highest BCUT2D eigenvalue weighted by atomic mass is 16.4. The van der Waals surface area contributed by atoms with Crippen LogP contribution in [0.5, 0.6) is 0 Å². The number of hydrogen-bond acceptors (Lipinski definition) is 4. The van der Waals surface area contributed by atoms with Crippen LogP contribution in [0.1, 0.15) is 34.3 Å². The van der Waals surface area contributed by atoms with E-state index in [-0.39, 0.29) is 5.91 Å². The summed E-state index contributed by atoms with van der Waals surface area (Å²) in [5, 5.41) is 18.3. The fourth-order valence-electron chi connectivity index (χ4n) is 5.10. The Morgan fingerprint density at radius 2 is 1.51 bits per heavy atom. The van der Waals surface area contributed by atoms with Gasteiger partial charge < -0.3 is 20.0 Å². The first-order chi connectivity index (χ1) is 17.9. The van der Waals surface area contributed by atoms with Gasteiger partial charge in [-0.3, -0.25) is 4.79 Å². The molecule has 2 aliphatic heterocycles. The van der Waals surface area contributed by atoms with Gasteiger partial charge in [0.1, 0.15) is 0 Å². The summed E-state index contributed by atoms with van der Waals surface area (Å²) in [6, 6.07) is 23.4. The SMILES string of the molecule is O=C(O)C=CC(=O)O.O=C1c2ccccc2CN1CC1CCN(CCc2cccc3ccccc23)CC1. The number of benzene rings is 3. The van der Waals surface area contributed by atoms with E-state index in [1.54, 1.807) is 0 Å². The van der Waals surface area contributed by atoms with Crippen molar-refractivity contribution in [3.8, 4) is 0 Å². The number of piperidine rings is 1. The van der Waals surface area contributed by atoms with Crippen molar-refractivity contribution < 1.29 is 24.6 Å². The molecule has 2 heterocycles. The summed E-state index contributed by atoms with van der Waals surface area (Å²) in [6.07, 6.45) is 4.60. The first-order valence-corrected chi connectivity index (χ1v) is 12.6. The van der Waals surface area contributed by atoms with Gasteiger partial charge >= 0.3 is 11.9 Å². The molecule has 7 nitrogen and oxygen atoms in total. The third kappa shape index (κ3) is 7.05. The van der Waals surface area contributed by atoms with Gasteiger partial charge in [-0.1, -0.05) is 60.7 Å². The summed E-state index contributed by atoms with van der Waals surface area (Å²) < 4.78 is 0. The molecule has 0 atom stereocenters. The second-order valence-corrected chi connectivity index (χ2v) is 9.53. The predicted molar refractivity (Wildman–Crippen MR) is 142 cm³/mol. The molecule has 37 heavy (non-hydrogen) atoms. The number of likely N-dealkylation sites (tertiary alicyclic amines) is 1. The van der Waals surface area contributed by atoms with Crippen LogP contribution in [0.15, 0.2) is 78.9 Å². The van der Waals surface area contributed by atoms with Crippen molar-refractivity contribution in [3.05, 3.63) is 95.6 Å².